The number of rotatable bonds is 10. The van der Waals surface area contributed by atoms with Crippen molar-refractivity contribution in [3.63, 3.8) is 0 Å². The van der Waals surface area contributed by atoms with Crippen molar-refractivity contribution in [1.29, 1.82) is 0 Å². The Morgan fingerprint density at radius 3 is 2.20 bits per heavy atom. The predicted octanol–water partition coefficient (Wildman–Crippen LogP) is 7.68. The van der Waals surface area contributed by atoms with Gasteiger partial charge in [-0.05, 0) is 78.9 Å². The van der Waals surface area contributed by atoms with Crippen LogP contribution in [0.4, 0.5) is 5.69 Å². The van der Waals surface area contributed by atoms with Gasteiger partial charge in [0.2, 0.25) is 0 Å². The van der Waals surface area contributed by atoms with E-state index in [1.165, 1.54) is 5.56 Å². The van der Waals surface area contributed by atoms with E-state index in [-0.39, 0.29) is 18.4 Å². The molecule has 0 bridgehead atoms. The summed E-state index contributed by atoms with van der Waals surface area (Å²) in [5.41, 5.74) is 7.77. The Hall–Kier alpha value is -5.24. The summed E-state index contributed by atoms with van der Waals surface area (Å²) in [6, 6.07) is 42.8. The van der Waals surface area contributed by atoms with Gasteiger partial charge in [-0.3, -0.25) is 9.59 Å². The molecule has 5 aromatic carbocycles. The highest BCUT2D eigenvalue weighted by molar-refractivity contribution is 5.97. The SMILES string of the molecule is COCC(=O)N1CCCN(C)CCN(C(=O)c2ccc(-c3ccccc3OCc3ccccc3)cc2CCc2ccccc2)Cc2ccccc21. The van der Waals surface area contributed by atoms with Gasteiger partial charge in [-0.2, -0.15) is 0 Å². The van der Waals surface area contributed by atoms with Gasteiger partial charge in [-0.1, -0.05) is 109 Å². The van der Waals surface area contributed by atoms with Gasteiger partial charge in [0.1, 0.15) is 19.0 Å². The second-order valence-electron chi connectivity index (χ2n) is 13.1. The first-order valence-corrected chi connectivity index (χ1v) is 17.8. The Bertz CT molecular complexity index is 1900. The number of aryl methyl sites for hydroxylation is 2. The average Bonchev–Trinajstić information content (AvgIpc) is 3.20. The lowest BCUT2D eigenvalue weighted by Crippen LogP contribution is -2.37. The van der Waals surface area contributed by atoms with E-state index in [4.69, 9.17) is 9.47 Å². The number of ether oxygens (including phenoxy) is 2. The quantitative estimate of drug-likeness (QED) is 0.151. The molecular formula is C44H47N3O4. The van der Waals surface area contributed by atoms with E-state index in [1.807, 2.05) is 88.7 Å². The highest BCUT2D eigenvalue weighted by Crippen LogP contribution is 2.33. The number of hydrogen-bond donors (Lipinski definition) is 0. The summed E-state index contributed by atoms with van der Waals surface area (Å²) in [4.78, 5) is 34.0. The molecule has 6 rings (SSSR count). The summed E-state index contributed by atoms with van der Waals surface area (Å²) in [6.45, 7) is 3.53. The zero-order valence-corrected chi connectivity index (χ0v) is 29.7. The molecule has 1 aliphatic heterocycles. The zero-order chi connectivity index (χ0) is 35.4. The molecule has 0 unspecified atom stereocenters. The van der Waals surface area contributed by atoms with Gasteiger partial charge >= 0.3 is 0 Å². The van der Waals surface area contributed by atoms with Crippen molar-refractivity contribution >= 4 is 17.5 Å². The van der Waals surface area contributed by atoms with Crippen LogP contribution in [0.2, 0.25) is 0 Å². The summed E-state index contributed by atoms with van der Waals surface area (Å²) in [5.74, 6) is 0.695. The Kier molecular flexibility index (Phi) is 12.3. The standard InChI is InChI=1S/C44H47N3O4/c1-45-26-13-27-47(43(48)33-50-2)41-20-11-9-18-38(41)31-46(29-28-45)44(49)40-25-24-36(30-37(40)23-22-34-14-5-3-6-15-34)39-19-10-12-21-42(39)51-32-35-16-7-4-8-17-35/h3-12,14-21,24-25,30H,13,22-23,26-29,31-33H2,1-2H3. The van der Waals surface area contributed by atoms with Crippen LogP contribution in [-0.2, 0) is 35.5 Å². The number of amides is 2. The fourth-order valence-corrected chi connectivity index (χ4v) is 6.69. The van der Waals surface area contributed by atoms with Crippen LogP contribution in [0.25, 0.3) is 11.1 Å². The number of para-hydroxylation sites is 2. The third-order valence-corrected chi connectivity index (χ3v) is 9.47. The van der Waals surface area contributed by atoms with Gasteiger partial charge in [0.15, 0.2) is 0 Å². The van der Waals surface area contributed by atoms with Crippen LogP contribution in [0.1, 0.15) is 39.0 Å². The average molecular weight is 682 g/mol. The van der Waals surface area contributed by atoms with Gasteiger partial charge in [0, 0.05) is 50.1 Å². The van der Waals surface area contributed by atoms with Crippen molar-refractivity contribution < 1.29 is 19.1 Å². The van der Waals surface area contributed by atoms with Gasteiger partial charge in [0.25, 0.3) is 11.8 Å². The number of methoxy groups -OCH3 is 1. The highest BCUT2D eigenvalue weighted by atomic mass is 16.5. The maximum atomic E-state index is 14.8. The van der Waals surface area contributed by atoms with Crippen molar-refractivity contribution in [3.05, 3.63) is 155 Å². The van der Waals surface area contributed by atoms with E-state index in [0.717, 1.165) is 65.2 Å². The second kappa shape index (κ2) is 17.6. The molecule has 0 fully saturated rings. The van der Waals surface area contributed by atoms with Gasteiger partial charge < -0.3 is 24.2 Å². The number of likely N-dealkylation sites (N-methyl/N-ethyl adjacent to an activating group) is 1. The normalized spacial score (nSPS) is 14.0. The number of nitrogens with zero attached hydrogens (tertiary/aromatic N) is 3. The lowest BCUT2D eigenvalue weighted by atomic mass is 9.94. The largest absolute Gasteiger partial charge is 0.488 e. The topological polar surface area (TPSA) is 62.3 Å². The number of carbonyl (C=O) groups excluding carboxylic acids is 2. The predicted molar refractivity (Wildman–Crippen MR) is 204 cm³/mol. The van der Waals surface area contributed by atoms with Crippen molar-refractivity contribution in [3.8, 4) is 16.9 Å². The van der Waals surface area contributed by atoms with Crippen LogP contribution >= 0.6 is 0 Å². The molecule has 7 heteroatoms. The molecule has 262 valence electrons. The van der Waals surface area contributed by atoms with Crippen molar-refractivity contribution in [2.75, 3.05) is 51.8 Å². The van der Waals surface area contributed by atoms with Crippen molar-refractivity contribution in [2.45, 2.75) is 32.4 Å². The number of benzene rings is 5. The van der Waals surface area contributed by atoms with E-state index in [9.17, 15) is 9.59 Å². The van der Waals surface area contributed by atoms with Crippen molar-refractivity contribution in [2.24, 2.45) is 0 Å². The monoisotopic (exact) mass is 681 g/mol. The van der Waals surface area contributed by atoms with Crippen LogP contribution in [0.3, 0.4) is 0 Å². The highest BCUT2D eigenvalue weighted by Gasteiger charge is 2.25. The minimum atomic E-state index is -0.0865. The fourth-order valence-electron chi connectivity index (χ4n) is 6.69. The van der Waals surface area contributed by atoms with Crippen molar-refractivity contribution in [1.82, 2.24) is 9.80 Å². The lowest BCUT2D eigenvalue weighted by Gasteiger charge is -2.28. The Labute approximate surface area is 302 Å². The minimum Gasteiger partial charge on any atom is -0.488 e. The first kappa shape index (κ1) is 35.6. The third kappa shape index (κ3) is 9.31. The molecule has 0 aliphatic carbocycles. The van der Waals surface area contributed by atoms with Gasteiger partial charge in [0.05, 0.1) is 0 Å². The molecule has 0 saturated carbocycles. The Morgan fingerprint density at radius 2 is 1.41 bits per heavy atom. The molecule has 1 aliphatic rings. The molecule has 0 atom stereocenters. The Balaban J connectivity index is 1.35. The Morgan fingerprint density at radius 1 is 0.706 bits per heavy atom. The van der Waals surface area contributed by atoms with E-state index in [0.29, 0.717) is 38.2 Å². The first-order valence-electron chi connectivity index (χ1n) is 17.8. The first-order chi connectivity index (χ1) is 25.0. The third-order valence-electron chi connectivity index (χ3n) is 9.47. The van der Waals surface area contributed by atoms with E-state index >= 15 is 0 Å². The molecule has 7 nitrogen and oxygen atoms in total. The summed E-state index contributed by atoms with van der Waals surface area (Å²) in [5, 5.41) is 0. The van der Waals surface area contributed by atoms with E-state index in [2.05, 4.69) is 60.5 Å². The number of anilines is 1. The smallest absolute Gasteiger partial charge is 0.254 e. The maximum absolute atomic E-state index is 14.8. The van der Waals surface area contributed by atoms with Crippen LogP contribution in [0.5, 0.6) is 5.75 Å². The molecule has 0 spiro atoms. The van der Waals surface area contributed by atoms with Crippen LogP contribution in [0, 0.1) is 0 Å². The molecule has 5 aromatic rings. The van der Waals surface area contributed by atoms with E-state index < -0.39 is 0 Å². The fraction of sp³-hybridized carbons (Fsp3) is 0.273. The summed E-state index contributed by atoms with van der Waals surface area (Å²) in [7, 11) is 3.62. The molecule has 1 heterocycles. The van der Waals surface area contributed by atoms with Gasteiger partial charge in [-0.25, -0.2) is 0 Å². The van der Waals surface area contributed by atoms with Gasteiger partial charge in [-0.15, -0.1) is 0 Å². The minimum absolute atomic E-state index is 0.00433. The molecule has 2 amide bonds. The maximum Gasteiger partial charge on any atom is 0.254 e. The second-order valence-corrected chi connectivity index (χ2v) is 13.1. The van der Waals surface area contributed by atoms with Crippen LogP contribution in [0.15, 0.2) is 127 Å². The molecule has 51 heavy (non-hydrogen) atoms. The van der Waals surface area contributed by atoms with Crippen LogP contribution < -0.4 is 9.64 Å². The molecule has 0 N–H and O–H groups in total. The molecule has 0 aromatic heterocycles. The molecule has 0 radical (unpaired) electrons. The summed E-state index contributed by atoms with van der Waals surface area (Å²) < 4.78 is 11.6. The zero-order valence-electron chi connectivity index (χ0n) is 29.7. The summed E-state index contributed by atoms with van der Waals surface area (Å²) in [6.07, 6.45) is 2.32. The molecular weight excluding hydrogens is 635 g/mol. The lowest BCUT2D eigenvalue weighted by molar-refractivity contribution is -0.122. The molecule has 0 saturated heterocycles. The number of hydrogen-bond acceptors (Lipinski definition) is 5. The van der Waals surface area contributed by atoms with E-state index in [1.54, 1.807) is 7.11 Å². The number of fused-ring (bicyclic) bond motifs is 1. The summed E-state index contributed by atoms with van der Waals surface area (Å²) >= 11 is 0. The van der Waals surface area contributed by atoms with Crippen LogP contribution in [-0.4, -0.2) is 68.6 Å². The number of carbonyl (C=O) groups is 2.